The summed E-state index contributed by atoms with van der Waals surface area (Å²) >= 11 is 1.66. The zero-order valence-electron chi connectivity index (χ0n) is 16.3. The highest BCUT2D eigenvalue weighted by Gasteiger charge is 2.49. The Morgan fingerprint density at radius 2 is 1.82 bits per heavy atom. The van der Waals surface area contributed by atoms with Crippen LogP contribution in [0, 0.1) is 0 Å². The van der Waals surface area contributed by atoms with Crippen molar-refractivity contribution in [2.75, 3.05) is 37.5 Å². The molecule has 0 radical (unpaired) electrons. The van der Waals surface area contributed by atoms with Gasteiger partial charge in [0.05, 0.1) is 30.8 Å². The van der Waals surface area contributed by atoms with Gasteiger partial charge in [0.15, 0.2) is 0 Å². The van der Waals surface area contributed by atoms with Crippen LogP contribution in [0.1, 0.15) is 32.6 Å². The highest BCUT2D eigenvalue weighted by Crippen LogP contribution is 2.47. The number of likely N-dealkylation sites (tertiary alicyclic amines) is 1. The smallest absolute Gasteiger partial charge is 0.306 e. The molecule has 2 heterocycles. The number of rotatable bonds is 6. The first-order valence-electron chi connectivity index (χ1n) is 9.53. The molecule has 2 aliphatic heterocycles. The molecule has 1 aromatic rings. The minimum Gasteiger partial charge on any atom is -0.497 e. The van der Waals surface area contributed by atoms with Gasteiger partial charge in [-0.3, -0.25) is 19.3 Å². The lowest BCUT2D eigenvalue weighted by Gasteiger charge is -2.44. The summed E-state index contributed by atoms with van der Waals surface area (Å²) in [5.74, 6) is 0.916. The van der Waals surface area contributed by atoms with E-state index < -0.39 is 0 Å². The first-order valence-corrected chi connectivity index (χ1v) is 10.5. The second-order valence-electron chi connectivity index (χ2n) is 6.85. The molecule has 1 spiro atoms. The van der Waals surface area contributed by atoms with Gasteiger partial charge in [0, 0.05) is 25.2 Å². The molecule has 28 heavy (non-hydrogen) atoms. The molecule has 0 N–H and O–H groups in total. The van der Waals surface area contributed by atoms with E-state index >= 15 is 0 Å². The lowest BCUT2D eigenvalue weighted by Crippen LogP contribution is -2.53. The molecule has 0 unspecified atom stereocenters. The van der Waals surface area contributed by atoms with E-state index in [1.807, 2.05) is 29.2 Å². The highest BCUT2D eigenvalue weighted by molar-refractivity contribution is 8.02. The van der Waals surface area contributed by atoms with Crippen LogP contribution in [0.4, 0.5) is 5.69 Å². The Morgan fingerprint density at radius 1 is 1.14 bits per heavy atom. The number of hydrogen-bond donors (Lipinski definition) is 0. The van der Waals surface area contributed by atoms with E-state index in [4.69, 9.17) is 9.47 Å². The van der Waals surface area contributed by atoms with Crippen molar-refractivity contribution < 1.29 is 23.9 Å². The van der Waals surface area contributed by atoms with Crippen LogP contribution in [-0.2, 0) is 19.1 Å². The third-order valence-electron chi connectivity index (χ3n) is 5.20. The summed E-state index contributed by atoms with van der Waals surface area (Å²) in [7, 11) is 1.61. The number of methoxy groups -OCH3 is 1. The fraction of sp³-hybridized carbons (Fsp3) is 0.550. The van der Waals surface area contributed by atoms with Crippen LogP contribution in [0.25, 0.3) is 0 Å². The van der Waals surface area contributed by atoms with Crippen molar-refractivity contribution in [3.05, 3.63) is 24.3 Å². The lowest BCUT2D eigenvalue weighted by atomic mass is 10.0. The minimum atomic E-state index is -0.341. The molecule has 0 aromatic heterocycles. The predicted molar refractivity (Wildman–Crippen MR) is 107 cm³/mol. The van der Waals surface area contributed by atoms with E-state index in [0.717, 1.165) is 11.4 Å². The van der Waals surface area contributed by atoms with Gasteiger partial charge in [-0.25, -0.2) is 0 Å². The third kappa shape index (κ3) is 4.27. The molecule has 0 aliphatic carbocycles. The second-order valence-corrected chi connectivity index (χ2v) is 8.19. The average molecular weight is 407 g/mol. The van der Waals surface area contributed by atoms with Crippen LogP contribution in [0.15, 0.2) is 24.3 Å². The van der Waals surface area contributed by atoms with E-state index in [-0.39, 0.29) is 35.5 Å². The largest absolute Gasteiger partial charge is 0.497 e. The molecule has 2 saturated heterocycles. The van der Waals surface area contributed by atoms with Crippen LogP contribution < -0.4 is 9.64 Å². The van der Waals surface area contributed by atoms with Gasteiger partial charge >= 0.3 is 5.97 Å². The highest BCUT2D eigenvalue weighted by atomic mass is 32.2. The van der Waals surface area contributed by atoms with Gasteiger partial charge < -0.3 is 14.4 Å². The molecule has 1 aromatic carbocycles. The summed E-state index contributed by atoms with van der Waals surface area (Å²) in [5, 5.41) is 0. The van der Waals surface area contributed by atoms with Crippen molar-refractivity contribution >= 4 is 35.2 Å². The van der Waals surface area contributed by atoms with E-state index in [1.54, 1.807) is 30.7 Å². The van der Waals surface area contributed by atoms with Crippen LogP contribution in [0.2, 0.25) is 0 Å². The zero-order valence-corrected chi connectivity index (χ0v) is 17.1. The molecular weight excluding hydrogens is 380 g/mol. The molecule has 2 fully saturated rings. The minimum absolute atomic E-state index is 0.0341. The Labute approximate surface area is 169 Å². The number of hydrogen-bond acceptors (Lipinski definition) is 6. The molecular formula is C20H26N2O5S. The summed E-state index contributed by atoms with van der Waals surface area (Å²) in [5.41, 5.74) is 0.859. The number of carbonyl (C=O) groups excluding carboxylic acids is 3. The standard InChI is InChI=1S/C20H26N2O5S/c1-3-27-19(25)9-8-17(23)21-12-10-20(11-13-21)22(18(24)14-28-20)15-4-6-16(26-2)7-5-15/h4-7H,3,8-14H2,1-2H3. The molecule has 0 saturated carbocycles. The summed E-state index contributed by atoms with van der Waals surface area (Å²) in [6.45, 7) is 3.23. The monoisotopic (exact) mass is 406 g/mol. The van der Waals surface area contributed by atoms with Gasteiger partial charge in [-0.1, -0.05) is 0 Å². The Hall–Kier alpha value is -2.22. The zero-order chi connectivity index (χ0) is 20.1. The first-order chi connectivity index (χ1) is 13.5. The molecule has 8 heteroatoms. The van der Waals surface area contributed by atoms with Crippen molar-refractivity contribution in [3.63, 3.8) is 0 Å². The summed E-state index contributed by atoms with van der Waals surface area (Å²) in [4.78, 5) is 39.8. The summed E-state index contributed by atoms with van der Waals surface area (Å²) in [6.07, 6.45) is 1.70. The lowest BCUT2D eigenvalue weighted by molar-refractivity contribution is -0.146. The number of amides is 2. The van der Waals surface area contributed by atoms with Gasteiger partial charge in [-0.05, 0) is 44.0 Å². The number of thioether (sulfide) groups is 1. The van der Waals surface area contributed by atoms with E-state index in [0.29, 0.717) is 38.3 Å². The predicted octanol–water partition coefficient (Wildman–Crippen LogP) is 2.44. The molecule has 3 rings (SSSR count). The molecule has 0 bridgehead atoms. The number of esters is 1. The quantitative estimate of drug-likeness (QED) is 0.676. The maximum atomic E-state index is 12.6. The summed E-state index contributed by atoms with van der Waals surface area (Å²) in [6, 6.07) is 7.52. The molecule has 2 amide bonds. The van der Waals surface area contributed by atoms with Crippen molar-refractivity contribution in [1.82, 2.24) is 4.90 Å². The number of piperidine rings is 1. The molecule has 152 valence electrons. The van der Waals surface area contributed by atoms with Gasteiger partial charge in [0.25, 0.3) is 0 Å². The van der Waals surface area contributed by atoms with Crippen LogP contribution in [-0.4, -0.2) is 60.1 Å². The van der Waals surface area contributed by atoms with Crippen molar-refractivity contribution in [1.29, 1.82) is 0 Å². The van der Waals surface area contributed by atoms with E-state index in [2.05, 4.69) is 0 Å². The SMILES string of the molecule is CCOC(=O)CCC(=O)N1CCC2(CC1)SCC(=O)N2c1ccc(OC)cc1. The number of nitrogens with zero attached hydrogens (tertiary/aromatic N) is 2. The van der Waals surface area contributed by atoms with Gasteiger partial charge in [-0.15, -0.1) is 11.8 Å². The third-order valence-corrected chi connectivity index (χ3v) is 6.72. The van der Waals surface area contributed by atoms with Gasteiger partial charge in [-0.2, -0.15) is 0 Å². The van der Waals surface area contributed by atoms with Crippen molar-refractivity contribution in [2.45, 2.75) is 37.5 Å². The summed E-state index contributed by atoms with van der Waals surface area (Å²) < 4.78 is 10.1. The number of ether oxygens (including phenoxy) is 2. The average Bonchev–Trinajstić information content (AvgIpc) is 3.02. The Balaban J connectivity index is 1.63. The maximum Gasteiger partial charge on any atom is 0.306 e. The first kappa shape index (κ1) is 20.5. The van der Waals surface area contributed by atoms with E-state index in [9.17, 15) is 14.4 Å². The number of benzene rings is 1. The maximum absolute atomic E-state index is 12.6. The van der Waals surface area contributed by atoms with Gasteiger partial charge in [0.2, 0.25) is 11.8 Å². The van der Waals surface area contributed by atoms with E-state index in [1.165, 1.54) is 0 Å². The number of carbonyl (C=O) groups is 3. The molecule has 7 nitrogen and oxygen atoms in total. The van der Waals surface area contributed by atoms with Crippen molar-refractivity contribution in [2.24, 2.45) is 0 Å². The van der Waals surface area contributed by atoms with Crippen LogP contribution in [0.3, 0.4) is 0 Å². The fourth-order valence-corrected chi connectivity index (χ4v) is 5.07. The second kappa shape index (κ2) is 8.86. The Morgan fingerprint density at radius 3 is 2.43 bits per heavy atom. The van der Waals surface area contributed by atoms with Crippen molar-refractivity contribution in [3.8, 4) is 5.75 Å². The number of anilines is 1. The Kier molecular flexibility index (Phi) is 6.49. The Bertz CT molecular complexity index is 729. The topological polar surface area (TPSA) is 76.2 Å². The normalized spacial score (nSPS) is 18.4. The molecule has 0 atom stereocenters. The molecule has 2 aliphatic rings. The van der Waals surface area contributed by atoms with Crippen LogP contribution in [0.5, 0.6) is 5.75 Å². The fourth-order valence-electron chi connectivity index (χ4n) is 3.74. The van der Waals surface area contributed by atoms with Gasteiger partial charge in [0.1, 0.15) is 5.75 Å². The van der Waals surface area contributed by atoms with Crippen LogP contribution >= 0.6 is 11.8 Å².